The van der Waals surface area contributed by atoms with Crippen LogP contribution in [0.5, 0.6) is 11.5 Å². The normalized spacial score (nSPS) is 11.4. The van der Waals surface area contributed by atoms with Crippen molar-refractivity contribution in [3.05, 3.63) is 24.3 Å². The van der Waals surface area contributed by atoms with Gasteiger partial charge in [0.15, 0.2) is 0 Å². The van der Waals surface area contributed by atoms with Crippen LogP contribution in [-0.2, 0) is 7.05 Å². The average molecular weight is 243 g/mol. The second kappa shape index (κ2) is 3.22. The van der Waals surface area contributed by atoms with E-state index in [4.69, 9.17) is 11.5 Å². The molecule has 5 nitrogen and oxygen atoms in total. The van der Waals surface area contributed by atoms with E-state index in [2.05, 4.69) is 0 Å². The lowest BCUT2D eigenvalue weighted by molar-refractivity contribution is 0.480. The van der Waals surface area contributed by atoms with E-state index in [1.54, 1.807) is 24.3 Å². The Labute approximate surface area is 103 Å². The first-order valence-electron chi connectivity index (χ1n) is 5.49. The van der Waals surface area contributed by atoms with Gasteiger partial charge in [-0.2, -0.15) is 0 Å². The largest absolute Gasteiger partial charge is 0.505 e. The number of aryl methyl sites for hydroxylation is 1. The van der Waals surface area contributed by atoms with Crippen molar-refractivity contribution in [2.75, 3.05) is 11.5 Å². The van der Waals surface area contributed by atoms with Gasteiger partial charge in [0.2, 0.25) is 0 Å². The molecule has 0 unspecified atom stereocenters. The molecule has 0 aliphatic rings. The number of benzene rings is 2. The van der Waals surface area contributed by atoms with Gasteiger partial charge in [-0.05, 0) is 24.3 Å². The number of hydrogen-bond donors (Lipinski definition) is 4. The fourth-order valence-corrected chi connectivity index (χ4v) is 2.37. The van der Waals surface area contributed by atoms with Gasteiger partial charge in [0.05, 0.1) is 33.2 Å². The highest BCUT2D eigenvalue weighted by Crippen LogP contribution is 2.43. The zero-order valence-electron chi connectivity index (χ0n) is 9.81. The van der Waals surface area contributed by atoms with E-state index in [1.165, 1.54) is 0 Å². The number of nitrogen functional groups attached to an aromatic ring is 2. The van der Waals surface area contributed by atoms with Crippen LogP contribution < -0.4 is 11.5 Å². The molecule has 0 saturated carbocycles. The fourth-order valence-electron chi connectivity index (χ4n) is 2.37. The highest BCUT2D eigenvalue weighted by Gasteiger charge is 2.17. The number of aromatic hydroxyl groups is 2. The Bertz CT molecular complexity index is 725. The molecule has 0 aliphatic carbocycles. The Balaban J connectivity index is 2.71. The van der Waals surface area contributed by atoms with Gasteiger partial charge in [-0.25, -0.2) is 0 Å². The van der Waals surface area contributed by atoms with E-state index in [0.29, 0.717) is 10.8 Å². The number of phenolic OH excluding ortho intramolecular Hbond substituents is 2. The molecule has 0 amide bonds. The summed E-state index contributed by atoms with van der Waals surface area (Å²) in [6.07, 6.45) is 0. The lowest BCUT2D eigenvalue weighted by Gasteiger charge is -2.03. The minimum absolute atomic E-state index is 0.0287. The summed E-state index contributed by atoms with van der Waals surface area (Å²) in [7, 11) is 1.86. The standard InChI is InChI=1S/C13H13N3O2/c1-16-8-4-2-6(14)12(17)10(8)11-9(16)5-3-7(15)13(11)18/h2-5,17-18H,14-15H2,1H3. The first-order chi connectivity index (χ1) is 8.52. The molecule has 1 heterocycles. The summed E-state index contributed by atoms with van der Waals surface area (Å²) >= 11 is 0. The summed E-state index contributed by atoms with van der Waals surface area (Å²) in [6.45, 7) is 0. The molecule has 1 aromatic heterocycles. The molecule has 0 radical (unpaired) electrons. The predicted octanol–water partition coefficient (Wildman–Crippen LogP) is 1.91. The Morgan fingerprint density at radius 3 is 1.61 bits per heavy atom. The second-order valence-corrected chi connectivity index (χ2v) is 4.35. The molecule has 92 valence electrons. The molecule has 0 fully saturated rings. The van der Waals surface area contributed by atoms with E-state index in [0.717, 1.165) is 11.0 Å². The maximum Gasteiger partial charge on any atom is 0.148 e. The molecular weight excluding hydrogens is 230 g/mol. The van der Waals surface area contributed by atoms with Gasteiger partial charge in [0.25, 0.3) is 0 Å². The summed E-state index contributed by atoms with van der Waals surface area (Å²) in [6, 6.07) is 6.88. The number of hydrogen-bond acceptors (Lipinski definition) is 4. The molecule has 0 aliphatic heterocycles. The van der Waals surface area contributed by atoms with Gasteiger partial charge in [-0.1, -0.05) is 0 Å². The molecule has 2 aromatic carbocycles. The minimum atomic E-state index is -0.0287. The van der Waals surface area contributed by atoms with Crippen LogP contribution in [0.2, 0.25) is 0 Å². The fraction of sp³-hybridized carbons (Fsp3) is 0.0769. The minimum Gasteiger partial charge on any atom is -0.505 e. The smallest absolute Gasteiger partial charge is 0.148 e. The predicted molar refractivity (Wildman–Crippen MR) is 72.6 cm³/mol. The van der Waals surface area contributed by atoms with E-state index in [9.17, 15) is 10.2 Å². The Morgan fingerprint density at radius 2 is 1.22 bits per heavy atom. The van der Waals surface area contributed by atoms with E-state index in [1.807, 2.05) is 11.6 Å². The van der Waals surface area contributed by atoms with Gasteiger partial charge < -0.3 is 26.2 Å². The van der Waals surface area contributed by atoms with E-state index in [-0.39, 0.29) is 22.9 Å². The zero-order chi connectivity index (χ0) is 13.0. The molecule has 0 bridgehead atoms. The molecule has 3 aromatic rings. The maximum atomic E-state index is 10.1. The third-order valence-corrected chi connectivity index (χ3v) is 3.35. The van der Waals surface area contributed by atoms with Gasteiger partial charge in [-0.3, -0.25) is 0 Å². The first-order valence-corrected chi connectivity index (χ1v) is 5.49. The SMILES string of the molecule is Cn1c2ccc(N)c(O)c2c2c(O)c(N)ccc21. The van der Waals surface area contributed by atoms with Gasteiger partial charge >= 0.3 is 0 Å². The third-order valence-electron chi connectivity index (χ3n) is 3.35. The van der Waals surface area contributed by atoms with Crippen molar-refractivity contribution in [2.45, 2.75) is 0 Å². The molecule has 0 atom stereocenters. The highest BCUT2D eigenvalue weighted by atomic mass is 16.3. The van der Waals surface area contributed by atoms with Crippen molar-refractivity contribution in [3.8, 4) is 11.5 Å². The first kappa shape index (κ1) is 10.6. The van der Waals surface area contributed by atoms with Crippen LogP contribution >= 0.6 is 0 Å². The summed E-state index contributed by atoms with van der Waals surface area (Å²) < 4.78 is 1.88. The topological polar surface area (TPSA) is 97.4 Å². The highest BCUT2D eigenvalue weighted by molar-refractivity contribution is 6.16. The third kappa shape index (κ3) is 1.10. The van der Waals surface area contributed by atoms with Crippen LogP contribution in [0.25, 0.3) is 21.8 Å². The molecule has 0 spiro atoms. The summed E-state index contributed by atoms with van der Waals surface area (Å²) in [5.41, 5.74) is 13.5. The summed E-state index contributed by atoms with van der Waals surface area (Å²) in [5.74, 6) is -0.0574. The number of nitrogens with zero attached hydrogens (tertiary/aromatic N) is 1. The molecule has 6 N–H and O–H groups in total. The zero-order valence-corrected chi connectivity index (χ0v) is 9.81. The quantitative estimate of drug-likeness (QED) is 0.358. The Morgan fingerprint density at radius 1 is 0.833 bits per heavy atom. The van der Waals surface area contributed by atoms with Gasteiger partial charge in [0.1, 0.15) is 11.5 Å². The van der Waals surface area contributed by atoms with Crippen LogP contribution in [0.4, 0.5) is 11.4 Å². The monoisotopic (exact) mass is 243 g/mol. The number of aromatic nitrogens is 1. The molecule has 18 heavy (non-hydrogen) atoms. The number of anilines is 2. The molecule has 0 saturated heterocycles. The average Bonchev–Trinajstić information content (AvgIpc) is 2.64. The van der Waals surface area contributed by atoms with Crippen molar-refractivity contribution < 1.29 is 10.2 Å². The summed E-state index contributed by atoms with van der Waals surface area (Å²) in [4.78, 5) is 0. The molecule has 3 rings (SSSR count). The van der Waals surface area contributed by atoms with Crippen molar-refractivity contribution in [2.24, 2.45) is 7.05 Å². The molecule has 5 heteroatoms. The van der Waals surface area contributed by atoms with Crippen molar-refractivity contribution >= 4 is 33.2 Å². The second-order valence-electron chi connectivity index (χ2n) is 4.35. The Kier molecular flexibility index (Phi) is 1.90. The van der Waals surface area contributed by atoms with E-state index >= 15 is 0 Å². The van der Waals surface area contributed by atoms with Crippen molar-refractivity contribution in [1.29, 1.82) is 0 Å². The van der Waals surface area contributed by atoms with Crippen LogP contribution in [-0.4, -0.2) is 14.8 Å². The number of nitrogens with two attached hydrogens (primary N) is 2. The van der Waals surface area contributed by atoms with Crippen LogP contribution in [0.15, 0.2) is 24.3 Å². The van der Waals surface area contributed by atoms with Crippen LogP contribution in [0.3, 0.4) is 0 Å². The van der Waals surface area contributed by atoms with Crippen molar-refractivity contribution in [3.63, 3.8) is 0 Å². The van der Waals surface area contributed by atoms with Crippen molar-refractivity contribution in [1.82, 2.24) is 4.57 Å². The molecular formula is C13H13N3O2. The van der Waals surface area contributed by atoms with Gasteiger partial charge in [-0.15, -0.1) is 0 Å². The Hall–Kier alpha value is -2.56. The lowest BCUT2D eigenvalue weighted by atomic mass is 10.1. The van der Waals surface area contributed by atoms with Gasteiger partial charge in [0, 0.05) is 7.05 Å². The maximum absolute atomic E-state index is 10.1. The number of rotatable bonds is 0. The van der Waals surface area contributed by atoms with Crippen LogP contribution in [0, 0.1) is 0 Å². The van der Waals surface area contributed by atoms with Crippen LogP contribution in [0.1, 0.15) is 0 Å². The number of fused-ring (bicyclic) bond motifs is 3. The van der Waals surface area contributed by atoms with E-state index < -0.39 is 0 Å². The summed E-state index contributed by atoms with van der Waals surface area (Å²) in [5, 5.41) is 21.2. The lowest BCUT2D eigenvalue weighted by Crippen LogP contribution is -1.89. The number of phenols is 2.